The second kappa shape index (κ2) is 9.93. The monoisotopic (exact) mass is 432 g/mol. The minimum absolute atomic E-state index is 0.000655. The molecule has 32 heavy (non-hydrogen) atoms. The predicted octanol–water partition coefficient (Wildman–Crippen LogP) is 3.99. The summed E-state index contributed by atoms with van der Waals surface area (Å²) in [7, 11) is 1.52. The van der Waals surface area contributed by atoms with E-state index < -0.39 is 17.8 Å². The van der Waals surface area contributed by atoms with Crippen LogP contribution in [0.4, 0.5) is 5.69 Å². The first-order chi connectivity index (χ1) is 15.4. The minimum Gasteiger partial charge on any atom is -0.496 e. The Morgan fingerprint density at radius 2 is 2.09 bits per heavy atom. The number of esters is 1. The predicted molar refractivity (Wildman–Crippen MR) is 118 cm³/mol. The molecule has 1 aromatic heterocycles. The number of pyridine rings is 1. The molecule has 1 aromatic carbocycles. The fourth-order valence-electron chi connectivity index (χ4n) is 3.90. The highest BCUT2D eigenvalue weighted by Crippen LogP contribution is 2.49. The fourth-order valence-corrected chi connectivity index (χ4v) is 3.90. The smallest absolute Gasteiger partial charge is 0.315 e. The number of hydrogen-bond donors (Lipinski definition) is 0. The Morgan fingerprint density at radius 1 is 1.31 bits per heavy atom. The second-order valence-electron chi connectivity index (χ2n) is 7.26. The summed E-state index contributed by atoms with van der Waals surface area (Å²) in [6.07, 6.45) is 0. The number of carbonyl (C=O) groups excluding carboxylic acids is 1. The Kier molecular flexibility index (Phi) is 7.07. The maximum Gasteiger partial charge on any atom is 0.315 e. The van der Waals surface area contributed by atoms with Crippen molar-refractivity contribution in [1.29, 1.82) is 5.26 Å². The van der Waals surface area contributed by atoms with Gasteiger partial charge in [-0.3, -0.25) is 9.79 Å². The van der Waals surface area contributed by atoms with Crippen LogP contribution in [0, 0.1) is 30.7 Å². The van der Waals surface area contributed by atoms with Crippen LogP contribution in [-0.2, 0) is 9.53 Å². The zero-order valence-electron chi connectivity index (χ0n) is 18.5. The zero-order valence-corrected chi connectivity index (χ0v) is 18.5. The van der Waals surface area contributed by atoms with Gasteiger partial charge in [0.15, 0.2) is 6.61 Å². The number of nitriles is 1. The number of benzene rings is 1. The number of ether oxygens (including phenoxy) is 3. The molecule has 0 bridgehead atoms. The third-order valence-corrected chi connectivity index (χ3v) is 5.20. The molecule has 0 spiro atoms. The zero-order chi connectivity index (χ0) is 23.3. The summed E-state index contributed by atoms with van der Waals surface area (Å²) >= 11 is 0. The number of hydrogen-bond acceptors (Lipinski definition) is 7. The van der Waals surface area contributed by atoms with Gasteiger partial charge >= 0.3 is 5.97 Å². The van der Waals surface area contributed by atoms with Crippen molar-refractivity contribution in [3.05, 3.63) is 58.1 Å². The van der Waals surface area contributed by atoms with E-state index in [0.29, 0.717) is 46.3 Å². The standard InChI is InChI=1S/C24H24N4O4/c1-6-31-23-22-18(11-14(2)27-23)28-15(3)20(24(29)32-10-9-26-4)21(22)17-8-7-16(13-25)12-19(17)30-5/h7-8,11-12,20-21H,6,9-10H2,1-3,5H3. The van der Waals surface area contributed by atoms with E-state index in [-0.39, 0.29) is 13.2 Å². The van der Waals surface area contributed by atoms with Crippen LogP contribution in [0.15, 0.2) is 29.3 Å². The molecule has 8 heteroatoms. The summed E-state index contributed by atoms with van der Waals surface area (Å²) < 4.78 is 16.9. The molecule has 0 amide bonds. The Bertz CT molecular complexity index is 1140. The van der Waals surface area contributed by atoms with Crippen LogP contribution in [0.2, 0.25) is 0 Å². The van der Waals surface area contributed by atoms with Gasteiger partial charge in [-0.1, -0.05) is 6.07 Å². The van der Waals surface area contributed by atoms with Crippen molar-refractivity contribution < 1.29 is 19.0 Å². The molecule has 8 nitrogen and oxygen atoms in total. The Morgan fingerprint density at radius 3 is 2.75 bits per heavy atom. The van der Waals surface area contributed by atoms with E-state index in [0.717, 1.165) is 5.69 Å². The number of aliphatic imine (C=N–C) groups is 1. The quantitative estimate of drug-likeness (QED) is 0.373. The number of fused-ring (bicyclic) bond motifs is 1. The van der Waals surface area contributed by atoms with E-state index >= 15 is 0 Å². The third-order valence-electron chi connectivity index (χ3n) is 5.20. The van der Waals surface area contributed by atoms with E-state index in [1.54, 1.807) is 25.1 Å². The average Bonchev–Trinajstić information content (AvgIpc) is 2.77. The Hall–Kier alpha value is -3.91. The molecule has 2 aromatic rings. The van der Waals surface area contributed by atoms with Crippen molar-refractivity contribution >= 4 is 17.4 Å². The van der Waals surface area contributed by atoms with E-state index in [1.807, 2.05) is 19.9 Å². The topological polar surface area (TPSA) is 98.2 Å². The fraction of sp³-hybridized carbons (Fsp3) is 0.375. The van der Waals surface area contributed by atoms with E-state index in [9.17, 15) is 10.1 Å². The molecule has 2 unspecified atom stereocenters. The van der Waals surface area contributed by atoms with Crippen molar-refractivity contribution in [2.75, 3.05) is 26.9 Å². The number of carbonyl (C=O) groups is 1. The lowest BCUT2D eigenvalue weighted by atomic mass is 9.75. The van der Waals surface area contributed by atoms with Gasteiger partial charge in [0.05, 0.1) is 31.0 Å². The third kappa shape index (κ3) is 4.40. The molecule has 164 valence electrons. The van der Waals surface area contributed by atoms with Gasteiger partial charge in [0, 0.05) is 28.5 Å². The highest BCUT2D eigenvalue weighted by atomic mass is 16.5. The maximum absolute atomic E-state index is 13.2. The summed E-state index contributed by atoms with van der Waals surface area (Å²) in [6.45, 7) is 12.9. The normalized spacial score (nSPS) is 16.8. The molecule has 2 heterocycles. The lowest BCUT2D eigenvalue weighted by molar-refractivity contribution is -0.146. The van der Waals surface area contributed by atoms with Crippen molar-refractivity contribution in [2.45, 2.75) is 26.7 Å². The van der Waals surface area contributed by atoms with Crippen LogP contribution in [0.1, 0.15) is 42.1 Å². The van der Waals surface area contributed by atoms with Gasteiger partial charge in [-0.25, -0.2) is 11.6 Å². The first-order valence-corrected chi connectivity index (χ1v) is 10.2. The van der Waals surface area contributed by atoms with Crippen molar-refractivity contribution in [3.8, 4) is 17.7 Å². The molecule has 0 N–H and O–H groups in total. The molecule has 0 saturated heterocycles. The van der Waals surface area contributed by atoms with Crippen LogP contribution in [0.25, 0.3) is 4.85 Å². The van der Waals surface area contributed by atoms with Crippen LogP contribution in [0.3, 0.4) is 0 Å². The van der Waals surface area contributed by atoms with Crippen LogP contribution in [-0.4, -0.2) is 43.5 Å². The average molecular weight is 432 g/mol. The number of rotatable bonds is 7. The van der Waals surface area contributed by atoms with Crippen LogP contribution < -0.4 is 9.47 Å². The number of nitrogens with zero attached hydrogens (tertiary/aromatic N) is 4. The van der Waals surface area contributed by atoms with E-state index in [4.69, 9.17) is 20.8 Å². The molecule has 0 radical (unpaired) electrons. The number of methoxy groups -OCH3 is 1. The van der Waals surface area contributed by atoms with Gasteiger partial charge in [-0.15, -0.1) is 0 Å². The highest BCUT2D eigenvalue weighted by molar-refractivity contribution is 6.05. The van der Waals surface area contributed by atoms with Crippen LogP contribution >= 0.6 is 0 Å². The minimum atomic E-state index is -0.765. The first kappa shape index (κ1) is 22.8. The largest absolute Gasteiger partial charge is 0.496 e. The molecule has 1 aliphatic rings. The lowest BCUT2D eigenvalue weighted by Crippen LogP contribution is -2.34. The molecule has 2 atom stereocenters. The summed E-state index contributed by atoms with van der Waals surface area (Å²) in [6, 6.07) is 9.06. The second-order valence-corrected chi connectivity index (χ2v) is 7.26. The molecular weight excluding hydrogens is 408 g/mol. The van der Waals surface area contributed by atoms with Gasteiger partial charge in [0.25, 0.3) is 0 Å². The summed E-state index contributed by atoms with van der Waals surface area (Å²) in [5.74, 6) is -0.940. The van der Waals surface area contributed by atoms with Crippen molar-refractivity contribution in [1.82, 2.24) is 4.98 Å². The number of aryl methyl sites for hydroxylation is 1. The Balaban J connectivity index is 2.26. The van der Waals surface area contributed by atoms with Crippen LogP contribution in [0.5, 0.6) is 11.6 Å². The molecular formula is C24H24N4O4. The van der Waals surface area contributed by atoms with E-state index in [2.05, 4.69) is 20.9 Å². The van der Waals surface area contributed by atoms with Gasteiger partial charge in [-0.05, 0) is 39.0 Å². The SMILES string of the molecule is [C-]#[N+]CCOC(=O)C1C(C)=Nc2cc(C)nc(OCC)c2C1c1ccc(C#N)cc1OC. The molecule has 0 fully saturated rings. The van der Waals surface area contributed by atoms with E-state index in [1.165, 1.54) is 7.11 Å². The summed E-state index contributed by atoms with van der Waals surface area (Å²) in [4.78, 5) is 25.7. The van der Waals surface area contributed by atoms with Crippen molar-refractivity contribution in [3.63, 3.8) is 0 Å². The molecule has 0 aliphatic carbocycles. The summed E-state index contributed by atoms with van der Waals surface area (Å²) in [5, 5.41) is 9.31. The molecule has 0 saturated carbocycles. The van der Waals surface area contributed by atoms with Crippen molar-refractivity contribution in [2.24, 2.45) is 10.9 Å². The molecule has 1 aliphatic heterocycles. The van der Waals surface area contributed by atoms with Gasteiger partial charge in [0.1, 0.15) is 11.7 Å². The highest BCUT2D eigenvalue weighted by Gasteiger charge is 2.42. The van der Waals surface area contributed by atoms with Gasteiger partial charge in [-0.2, -0.15) is 5.26 Å². The Labute approximate surface area is 187 Å². The van der Waals surface area contributed by atoms with Gasteiger partial charge in [0.2, 0.25) is 12.4 Å². The first-order valence-electron chi connectivity index (χ1n) is 10.2. The lowest BCUT2D eigenvalue weighted by Gasteiger charge is -2.32. The number of aromatic nitrogens is 1. The maximum atomic E-state index is 13.2. The molecule has 3 rings (SSSR count). The summed E-state index contributed by atoms with van der Waals surface area (Å²) in [5.41, 5.74) is 3.79. The van der Waals surface area contributed by atoms with Gasteiger partial charge < -0.3 is 19.1 Å².